The molecule has 1 fully saturated rings. The summed E-state index contributed by atoms with van der Waals surface area (Å²) in [5, 5.41) is 6.53. The molecule has 0 saturated carbocycles. The molecule has 6 nitrogen and oxygen atoms in total. The van der Waals surface area contributed by atoms with Crippen LogP contribution in [0.4, 0.5) is 4.39 Å². The molecule has 1 aliphatic heterocycles. The summed E-state index contributed by atoms with van der Waals surface area (Å²) >= 11 is 0. The summed E-state index contributed by atoms with van der Waals surface area (Å²) in [5.74, 6) is 1.68. The van der Waals surface area contributed by atoms with Gasteiger partial charge in [-0.25, -0.2) is 9.38 Å². The molecule has 2 unspecified atom stereocenters. The van der Waals surface area contributed by atoms with Crippen LogP contribution in [0.3, 0.4) is 0 Å². The van der Waals surface area contributed by atoms with Crippen LogP contribution in [0.2, 0.25) is 0 Å². The number of benzene rings is 1. The summed E-state index contributed by atoms with van der Waals surface area (Å²) in [5.41, 5.74) is 0. The third kappa shape index (κ3) is 9.06. The zero-order valence-corrected chi connectivity index (χ0v) is 16.4. The van der Waals surface area contributed by atoms with Gasteiger partial charge in [-0.05, 0) is 51.0 Å². The number of hydrogen-bond donors (Lipinski definition) is 2. The van der Waals surface area contributed by atoms with Gasteiger partial charge in [-0.1, -0.05) is 0 Å². The molecule has 1 aromatic rings. The van der Waals surface area contributed by atoms with Crippen LogP contribution in [-0.4, -0.2) is 58.1 Å². The van der Waals surface area contributed by atoms with Crippen LogP contribution < -0.4 is 15.4 Å². The number of hydrogen-bond acceptors (Lipinski definition) is 4. The van der Waals surface area contributed by atoms with Gasteiger partial charge in [0.1, 0.15) is 17.7 Å². The highest BCUT2D eigenvalue weighted by molar-refractivity contribution is 5.79. The first kappa shape index (κ1) is 21.4. The summed E-state index contributed by atoms with van der Waals surface area (Å²) < 4.78 is 29.7. The molecule has 2 atom stereocenters. The Balaban J connectivity index is 1.62. The fourth-order valence-electron chi connectivity index (χ4n) is 2.69. The van der Waals surface area contributed by atoms with Crippen LogP contribution in [0, 0.1) is 11.7 Å². The molecule has 7 heteroatoms. The van der Waals surface area contributed by atoms with E-state index >= 15 is 0 Å². The third-order valence-corrected chi connectivity index (χ3v) is 4.14. The van der Waals surface area contributed by atoms with E-state index in [1.54, 1.807) is 12.1 Å². The van der Waals surface area contributed by atoms with Crippen molar-refractivity contribution >= 4 is 5.96 Å². The molecule has 0 aromatic heterocycles. The maximum Gasteiger partial charge on any atom is 0.191 e. The van der Waals surface area contributed by atoms with Gasteiger partial charge in [0, 0.05) is 32.2 Å². The molecular weight excluding hydrogens is 349 g/mol. The lowest BCUT2D eigenvalue weighted by Crippen LogP contribution is -2.38. The van der Waals surface area contributed by atoms with Crippen LogP contribution in [-0.2, 0) is 9.47 Å². The maximum atomic E-state index is 12.9. The van der Waals surface area contributed by atoms with Crippen molar-refractivity contribution in [1.29, 1.82) is 0 Å². The molecule has 1 saturated heterocycles. The second-order valence-corrected chi connectivity index (χ2v) is 6.69. The molecule has 1 heterocycles. The van der Waals surface area contributed by atoms with Gasteiger partial charge in [0.05, 0.1) is 19.8 Å². The number of ether oxygens (including phenoxy) is 3. The van der Waals surface area contributed by atoms with E-state index in [0.717, 1.165) is 58.3 Å². The molecular formula is C20H32FN3O3. The molecule has 0 aliphatic carbocycles. The molecule has 0 spiro atoms. The van der Waals surface area contributed by atoms with E-state index in [9.17, 15) is 4.39 Å². The number of rotatable bonds is 11. The normalized spacial score (nSPS) is 18.3. The van der Waals surface area contributed by atoms with Crippen molar-refractivity contribution in [1.82, 2.24) is 10.6 Å². The Kier molecular flexibility index (Phi) is 9.94. The second kappa shape index (κ2) is 12.5. The SMILES string of the molecule is CCNC(=NCC(C)Oc1ccc(F)cc1)NCCCOCC1CCOC1. The Morgan fingerprint density at radius 2 is 2.15 bits per heavy atom. The molecule has 152 valence electrons. The predicted molar refractivity (Wildman–Crippen MR) is 105 cm³/mol. The van der Waals surface area contributed by atoms with E-state index in [1.165, 1.54) is 12.1 Å². The average Bonchev–Trinajstić information content (AvgIpc) is 3.18. The van der Waals surface area contributed by atoms with Gasteiger partial charge < -0.3 is 24.8 Å². The van der Waals surface area contributed by atoms with E-state index < -0.39 is 0 Å². The summed E-state index contributed by atoms with van der Waals surface area (Å²) in [4.78, 5) is 4.55. The van der Waals surface area contributed by atoms with E-state index in [-0.39, 0.29) is 11.9 Å². The van der Waals surface area contributed by atoms with Crippen molar-refractivity contribution in [2.24, 2.45) is 10.9 Å². The van der Waals surface area contributed by atoms with Crippen molar-refractivity contribution in [3.8, 4) is 5.75 Å². The zero-order valence-electron chi connectivity index (χ0n) is 16.4. The highest BCUT2D eigenvalue weighted by atomic mass is 19.1. The Morgan fingerprint density at radius 1 is 1.33 bits per heavy atom. The number of nitrogens with zero attached hydrogens (tertiary/aromatic N) is 1. The van der Waals surface area contributed by atoms with E-state index in [4.69, 9.17) is 14.2 Å². The first-order valence-corrected chi connectivity index (χ1v) is 9.77. The lowest BCUT2D eigenvalue weighted by molar-refractivity contribution is 0.0888. The number of halogens is 1. The smallest absolute Gasteiger partial charge is 0.191 e. The van der Waals surface area contributed by atoms with Crippen LogP contribution in [0.15, 0.2) is 29.3 Å². The van der Waals surface area contributed by atoms with Crippen LogP contribution in [0.1, 0.15) is 26.7 Å². The molecule has 2 rings (SSSR count). The van der Waals surface area contributed by atoms with Gasteiger partial charge in [0.15, 0.2) is 5.96 Å². The molecule has 27 heavy (non-hydrogen) atoms. The largest absolute Gasteiger partial charge is 0.489 e. The summed E-state index contributed by atoms with van der Waals surface area (Å²) in [7, 11) is 0. The first-order valence-electron chi connectivity index (χ1n) is 9.77. The summed E-state index contributed by atoms with van der Waals surface area (Å²) in [6.45, 7) is 9.26. The van der Waals surface area contributed by atoms with Crippen LogP contribution in [0.25, 0.3) is 0 Å². The van der Waals surface area contributed by atoms with Gasteiger partial charge >= 0.3 is 0 Å². The van der Waals surface area contributed by atoms with Gasteiger partial charge in [0.2, 0.25) is 0 Å². The fraction of sp³-hybridized carbons (Fsp3) is 0.650. The van der Waals surface area contributed by atoms with Gasteiger partial charge in [-0.2, -0.15) is 0 Å². The fourth-order valence-corrected chi connectivity index (χ4v) is 2.69. The van der Waals surface area contributed by atoms with Gasteiger partial charge in [0.25, 0.3) is 0 Å². The third-order valence-electron chi connectivity index (χ3n) is 4.14. The number of nitrogens with one attached hydrogen (secondary N) is 2. The Labute approximate surface area is 161 Å². The quantitative estimate of drug-likeness (QED) is 0.350. The van der Waals surface area contributed by atoms with E-state index in [2.05, 4.69) is 15.6 Å². The molecule has 0 bridgehead atoms. The first-order chi connectivity index (χ1) is 13.2. The van der Waals surface area contributed by atoms with E-state index in [1.807, 2.05) is 13.8 Å². The standard InChI is InChI=1S/C20H32FN3O3/c1-3-22-20(23-10-4-11-25-14-17-9-12-26-15-17)24-13-16(2)27-19-7-5-18(21)6-8-19/h5-8,16-17H,3-4,9-15H2,1-2H3,(H2,22,23,24). The summed E-state index contributed by atoms with van der Waals surface area (Å²) in [6.07, 6.45) is 1.91. The number of guanidine groups is 1. The predicted octanol–water partition coefficient (Wildman–Crippen LogP) is 2.59. The van der Waals surface area contributed by atoms with Crippen molar-refractivity contribution in [2.45, 2.75) is 32.8 Å². The maximum absolute atomic E-state index is 12.9. The second-order valence-electron chi connectivity index (χ2n) is 6.69. The molecule has 0 radical (unpaired) electrons. The van der Waals surface area contributed by atoms with Gasteiger partial charge in [-0.3, -0.25) is 0 Å². The Morgan fingerprint density at radius 3 is 2.85 bits per heavy atom. The Hall–Kier alpha value is -1.86. The molecule has 0 amide bonds. The lowest BCUT2D eigenvalue weighted by atomic mass is 10.1. The van der Waals surface area contributed by atoms with Crippen molar-refractivity contribution in [3.63, 3.8) is 0 Å². The van der Waals surface area contributed by atoms with Crippen molar-refractivity contribution < 1.29 is 18.6 Å². The molecule has 1 aromatic carbocycles. The topological polar surface area (TPSA) is 64.1 Å². The minimum absolute atomic E-state index is 0.108. The monoisotopic (exact) mass is 381 g/mol. The van der Waals surface area contributed by atoms with Crippen LogP contribution >= 0.6 is 0 Å². The number of aliphatic imine (C=N–C) groups is 1. The minimum atomic E-state index is -0.271. The minimum Gasteiger partial charge on any atom is -0.489 e. The van der Waals surface area contributed by atoms with Crippen LogP contribution in [0.5, 0.6) is 5.75 Å². The average molecular weight is 381 g/mol. The Bertz CT molecular complexity index is 548. The van der Waals surface area contributed by atoms with E-state index in [0.29, 0.717) is 18.2 Å². The van der Waals surface area contributed by atoms with Crippen molar-refractivity contribution in [3.05, 3.63) is 30.1 Å². The lowest BCUT2D eigenvalue weighted by Gasteiger charge is -2.15. The molecule has 1 aliphatic rings. The van der Waals surface area contributed by atoms with Crippen molar-refractivity contribution in [2.75, 3.05) is 46.1 Å². The highest BCUT2D eigenvalue weighted by Crippen LogP contribution is 2.13. The van der Waals surface area contributed by atoms with Gasteiger partial charge in [-0.15, -0.1) is 0 Å². The highest BCUT2D eigenvalue weighted by Gasteiger charge is 2.15. The summed E-state index contributed by atoms with van der Waals surface area (Å²) in [6, 6.07) is 6.02. The molecule has 2 N–H and O–H groups in total. The zero-order chi connectivity index (χ0) is 19.3.